The van der Waals surface area contributed by atoms with Crippen molar-refractivity contribution in [3.05, 3.63) is 28.5 Å². The predicted molar refractivity (Wildman–Crippen MR) is 76.0 cm³/mol. The van der Waals surface area contributed by atoms with Gasteiger partial charge in [0.05, 0.1) is 18.8 Å². The highest BCUT2D eigenvalue weighted by Crippen LogP contribution is 2.20. The highest BCUT2D eigenvalue weighted by Gasteiger charge is 2.31. The van der Waals surface area contributed by atoms with E-state index in [1.165, 1.54) is 0 Å². The number of amides is 1. The fourth-order valence-electron chi connectivity index (χ4n) is 1.87. The van der Waals surface area contributed by atoms with Gasteiger partial charge in [0, 0.05) is 22.5 Å². The lowest BCUT2D eigenvalue weighted by Crippen LogP contribution is -2.51. The van der Waals surface area contributed by atoms with Gasteiger partial charge in [0.15, 0.2) is 0 Å². The van der Waals surface area contributed by atoms with Crippen LogP contribution in [0.15, 0.2) is 22.8 Å². The van der Waals surface area contributed by atoms with E-state index in [1.54, 1.807) is 12.3 Å². The van der Waals surface area contributed by atoms with Crippen molar-refractivity contribution in [1.82, 2.24) is 9.88 Å². The molecular formula is C12H14Br2N2O2. The monoisotopic (exact) mass is 376 g/mol. The highest BCUT2D eigenvalue weighted by molar-refractivity contribution is 9.10. The number of aromatic nitrogens is 1. The molecule has 2 unspecified atom stereocenters. The number of carbonyl (C=O) groups is 1. The van der Waals surface area contributed by atoms with Crippen LogP contribution in [0.3, 0.4) is 0 Å². The van der Waals surface area contributed by atoms with Gasteiger partial charge in [-0.15, -0.1) is 0 Å². The van der Waals surface area contributed by atoms with Gasteiger partial charge in [-0.3, -0.25) is 4.79 Å². The topological polar surface area (TPSA) is 42.4 Å². The van der Waals surface area contributed by atoms with Gasteiger partial charge < -0.3 is 9.64 Å². The van der Waals surface area contributed by atoms with E-state index >= 15 is 0 Å². The van der Waals surface area contributed by atoms with Gasteiger partial charge in [-0.2, -0.15) is 0 Å². The Morgan fingerprint density at radius 2 is 2.44 bits per heavy atom. The first-order valence-electron chi connectivity index (χ1n) is 5.72. The molecule has 0 radical (unpaired) electrons. The predicted octanol–water partition coefficient (Wildman–Crippen LogP) is 2.47. The van der Waals surface area contributed by atoms with Crippen molar-refractivity contribution in [2.24, 2.45) is 0 Å². The van der Waals surface area contributed by atoms with E-state index in [9.17, 15) is 4.79 Å². The molecule has 0 spiro atoms. The number of morpholine rings is 1. The van der Waals surface area contributed by atoms with Gasteiger partial charge in [-0.05, 0) is 35.0 Å². The Morgan fingerprint density at radius 1 is 1.67 bits per heavy atom. The summed E-state index contributed by atoms with van der Waals surface area (Å²) in [6, 6.07) is 3.69. The van der Waals surface area contributed by atoms with Crippen LogP contribution < -0.4 is 0 Å². The fraction of sp³-hybridized carbons (Fsp3) is 0.500. The maximum absolute atomic E-state index is 12.5. The Hall–Kier alpha value is -0.460. The summed E-state index contributed by atoms with van der Waals surface area (Å²) in [7, 11) is 0. The SMILES string of the molecule is CC1COC(CBr)CN1C(=O)c1ncccc1Br. The summed E-state index contributed by atoms with van der Waals surface area (Å²) in [4.78, 5) is 18.4. The normalized spacial score (nSPS) is 24.1. The summed E-state index contributed by atoms with van der Waals surface area (Å²) in [5.74, 6) is -0.0516. The van der Waals surface area contributed by atoms with Crippen LogP contribution in [-0.2, 0) is 4.74 Å². The molecule has 18 heavy (non-hydrogen) atoms. The summed E-state index contributed by atoms with van der Waals surface area (Å²) < 4.78 is 6.34. The average Bonchev–Trinajstić information content (AvgIpc) is 2.39. The van der Waals surface area contributed by atoms with Crippen LogP contribution in [0.2, 0.25) is 0 Å². The van der Waals surface area contributed by atoms with Crippen molar-refractivity contribution >= 4 is 37.8 Å². The third kappa shape index (κ3) is 2.92. The van der Waals surface area contributed by atoms with E-state index in [0.29, 0.717) is 18.8 Å². The Labute approximate surface area is 123 Å². The molecule has 0 saturated carbocycles. The summed E-state index contributed by atoms with van der Waals surface area (Å²) in [6.45, 7) is 3.14. The molecule has 0 aromatic carbocycles. The third-order valence-electron chi connectivity index (χ3n) is 2.90. The molecule has 1 aliphatic rings. The molecule has 1 saturated heterocycles. The van der Waals surface area contributed by atoms with E-state index in [0.717, 1.165) is 9.80 Å². The molecule has 0 bridgehead atoms. The quantitative estimate of drug-likeness (QED) is 0.743. The van der Waals surface area contributed by atoms with Gasteiger partial charge >= 0.3 is 0 Å². The zero-order valence-electron chi connectivity index (χ0n) is 9.97. The number of halogens is 2. The van der Waals surface area contributed by atoms with Crippen molar-refractivity contribution in [1.29, 1.82) is 0 Å². The third-order valence-corrected chi connectivity index (χ3v) is 4.26. The van der Waals surface area contributed by atoms with Gasteiger partial charge in [-0.25, -0.2) is 4.98 Å². The molecule has 98 valence electrons. The van der Waals surface area contributed by atoms with Crippen molar-refractivity contribution in [3.8, 4) is 0 Å². The van der Waals surface area contributed by atoms with Crippen molar-refractivity contribution in [2.75, 3.05) is 18.5 Å². The molecule has 1 amide bonds. The maximum atomic E-state index is 12.5. The molecule has 2 atom stereocenters. The number of hydrogen-bond acceptors (Lipinski definition) is 3. The number of carbonyl (C=O) groups excluding carboxylic acids is 1. The molecule has 0 N–H and O–H groups in total. The van der Waals surface area contributed by atoms with Crippen LogP contribution >= 0.6 is 31.9 Å². The van der Waals surface area contributed by atoms with Crippen molar-refractivity contribution in [3.63, 3.8) is 0 Å². The minimum atomic E-state index is -0.0516. The lowest BCUT2D eigenvalue weighted by molar-refractivity contribution is -0.0363. The van der Waals surface area contributed by atoms with Crippen molar-refractivity contribution < 1.29 is 9.53 Å². The van der Waals surface area contributed by atoms with Gasteiger partial charge in [0.1, 0.15) is 5.69 Å². The Kier molecular flexibility index (Phi) is 4.75. The second-order valence-electron chi connectivity index (χ2n) is 4.25. The molecule has 1 aromatic heterocycles. The summed E-state index contributed by atoms with van der Waals surface area (Å²) in [6.07, 6.45) is 1.68. The minimum absolute atomic E-state index is 0.0487. The van der Waals surface area contributed by atoms with Gasteiger partial charge in [-0.1, -0.05) is 15.9 Å². The lowest BCUT2D eigenvalue weighted by atomic mass is 10.2. The summed E-state index contributed by atoms with van der Waals surface area (Å²) >= 11 is 6.76. The summed E-state index contributed by atoms with van der Waals surface area (Å²) in [5.41, 5.74) is 0.458. The Balaban J connectivity index is 2.19. The standard InChI is InChI=1S/C12H14Br2N2O2/c1-8-7-18-9(5-13)6-16(8)12(17)11-10(14)3-2-4-15-11/h2-4,8-9H,5-7H2,1H3. The lowest BCUT2D eigenvalue weighted by Gasteiger charge is -2.37. The van der Waals surface area contributed by atoms with Gasteiger partial charge in [0.25, 0.3) is 5.91 Å². The molecule has 1 aromatic rings. The van der Waals surface area contributed by atoms with Crippen molar-refractivity contribution in [2.45, 2.75) is 19.1 Å². The largest absolute Gasteiger partial charge is 0.373 e. The first kappa shape index (κ1) is 14.0. The van der Waals surface area contributed by atoms with E-state index in [-0.39, 0.29) is 18.1 Å². The molecular weight excluding hydrogens is 364 g/mol. The molecule has 4 nitrogen and oxygen atoms in total. The zero-order chi connectivity index (χ0) is 13.1. The first-order chi connectivity index (χ1) is 8.63. The smallest absolute Gasteiger partial charge is 0.274 e. The van der Waals surface area contributed by atoms with E-state index in [1.807, 2.05) is 17.9 Å². The average molecular weight is 378 g/mol. The summed E-state index contributed by atoms with van der Waals surface area (Å²) in [5, 5.41) is 0.729. The number of rotatable bonds is 2. The second-order valence-corrected chi connectivity index (χ2v) is 5.75. The number of ether oxygens (including phenoxy) is 1. The Bertz CT molecular complexity index is 442. The fourth-order valence-corrected chi connectivity index (χ4v) is 2.69. The molecule has 0 aliphatic carbocycles. The van der Waals surface area contributed by atoms with E-state index in [4.69, 9.17) is 4.74 Å². The van der Waals surface area contributed by atoms with Crippen LogP contribution in [0.5, 0.6) is 0 Å². The zero-order valence-corrected chi connectivity index (χ0v) is 13.1. The van der Waals surface area contributed by atoms with Crippen LogP contribution in [0.4, 0.5) is 0 Å². The molecule has 1 aliphatic heterocycles. The number of nitrogens with zero attached hydrogens (tertiary/aromatic N) is 2. The van der Waals surface area contributed by atoms with Crippen LogP contribution in [0.1, 0.15) is 17.4 Å². The highest BCUT2D eigenvalue weighted by atomic mass is 79.9. The number of pyridine rings is 1. The maximum Gasteiger partial charge on any atom is 0.274 e. The van der Waals surface area contributed by atoms with Gasteiger partial charge in [0.2, 0.25) is 0 Å². The van der Waals surface area contributed by atoms with E-state index < -0.39 is 0 Å². The second kappa shape index (κ2) is 6.12. The molecule has 1 fully saturated rings. The molecule has 2 rings (SSSR count). The van der Waals surface area contributed by atoms with Crippen LogP contribution in [0.25, 0.3) is 0 Å². The first-order valence-corrected chi connectivity index (χ1v) is 7.64. The van der Waals surface area contributed by atoms with E-state index in [2.05, 4.69) is 36.8 Å². The van der Waals surface area contributed by atoms with Crippen LogP contribution in [0, 0.1) is 0 Å². The molecule has 2 heterocycles. The Morgan fingerprint density at radius 3 is 3.11 bits per heavy atom. The van der Waals surface area contributed by atoms with Crippen LogP contribution in [-0.4, -0.2) is 46.4 Å². The number of hydrogen-bond donors (Lipinski definition) is 0. The minimum Gasteiger partial charge on any atom is -0.373 e. The molecule has 6 heteroatoms. The number of alkyl halides is 1.